The highest BCUT2D eigenvalue weighted by Gasteiger charge is 2.31. The maximum absolute atomic E-state index is 12.2. The summed E-state index contributed by atoms with van der Waals surface area (Å²) < 4.78 is 50.6. The van der Waals surface area contributed by atoms with Crippen molar-refractivity contribution in [2.75, 3.05) is 7.11 Å². The number of halogens is 3. The summed E-state index contributed by atoms with van der Waals surface area (Å²) in [5.74, 6) is -0.432. The molecule has 1 aliphatic heterocycles. The molecule has 5 nitrogen and oxygen atoms in total. The number of cyclic esters (lactones) is 1. The molecule has 2 aromatic carbocycles. The molecule has 0 spiro atoms. The fourth-order valence-corrected chi connectivity index (χ4v) is 2.27. The Kier molecular flexibility index (Phi) is 4.66. The van der Waals surface area contributed by atoms with Crippen molar-refractivity contribution in [3.63, 3.8) is 0 Å². The summed E-state index contributed by atoms with van der Waals surface area (Å²) in [6.45, 7) is 0. The number of ether oxygens (including phenoxy) is 3. The lowest BCUT2D eigenvalue weighted by Gasteiger charge is -2.08. The molecule has 0 radical (unpaired) electrons. The first-order valence-electron chi connectivity index (χ1n) is 7.37. The van der Waals surface area contributed by atoms with Crippen molar-refractivity contribution in [2.24, 2.45) is 4.99 Å². The minimum atomic E-state index is -4.76. The number of carbonyl (C=O) groups is 1. The molecule has 134 valence electrons. The molecule has 3 rings (SSSR count). The molecule has 1 heterocycles. The highest BCUT2D eigenvalue weighted by atomic mass is 19.4. The van der Waals surface area contributed by atoms with Crippen molar-refractivity contribution in [2.45, 2.75) is 6.36 Å². The number of nitrogens with zero attached hydrogens (tertiary/aromatic N) is 1. The zero-order valence-corrected chi connectivity index (χ0v) is 13.4. The fourth-order valence-electron chi connectivity index (χ4n) is 2.27. The van der Waals surface area contributed by atoms with Crippen LogP contribution < -0.4 is 9.47 Å². The topological polar surface area (TPSA) is 57.1 Å². The van der Waals surface area contributed by atoms with E-state index in [1.165, 1.54) is 25.3 Å². The number of hydrogen-bond acceptors (Lipinski definition) is 5. The third-order valence-corrected chi connectivity index (χ3v) is 3.37. The Morgan fingerprint density at radius 2 is 1.77 bits per heavy atom. The number of carbonyl (C=O) groups excluding carboxylic acids is 1. The summed E-state index contributed by atoms with van der Waals surface area (Å²) in [6, 6.07) is 11.9. The maximum Gasteiger partial charge on any atom is 0.573 e. The Morgan fingerprint density at radius 3 is 2.42 bits per heavy atom. The molecule has 0 saturated heterocycles. The Bertz CT molecular complexity index is 886. The molecule has 0 fully saturated rings. The van der Waals surface area contributed by atoms with Crippen molar-refractivity contribution >= 4 is 17.9 Å². The molecule has 26 heavy (non-hydrogen) atoms. The number of para-hydroxylation sites is 1. The van der Waals surface area contributed by atoms with Gasteiger partial charge in [-0.15, -0.1) is 13.2 Å². The van der Waals surface area contributed by atoms with E-state index in [2.05, 4.69) is 9.73 Å². The molecular weight excluding hydrogens is 351 g/mol. The predicted molar refractivity (Wildman–Crippen MR) is 86.7 cm³/mol. The molecule has 0 N–H and O–H groups in total. The molecule has 2 aromatic rings. The minimum Gasteiger partial charge on any atom is -0.496 e. The van der Waals surface area contributed by atoms with Gasteiger partial charge in [0.25, 0.3) is 0 Å². The van der Waals surface area contributed by atoms with Crippen LogP contribution >= 0.6 is 0 Å². The van der Waals surface area contributed by atoms with Gasteiger partial charge in [-0.25, -0.2) is 9.79 Å². The average Bonchev–Trinajstić information content (AvgIpc) is 2.96. The molecular formula is C18H12F3NO4. The molecule has 0 saturated carbocycles. The van der Waals surface area contributed by atoms with E-state index in [1.807, 2.05) is 0 Å². The second kappa shape index (κ2) is 6.91. The number of benzene rings is 2. The van der Waals surface area contributed by atoms with Gasteiger partial charge < -0.3 is 14.2 Å². The Morgan fingerprint density at radius 1 is 1.08 bits per heavy atom. The molecule has 0 amide bonds. The smallest absolute Gasteiger partial charge is 0.496 e. The number of rotatable bonds is 4. The van der Waals surface area contributed by atoms with Gasteiger partial charge in [0.15, 0.2) is 5.70 Å². The molecule has 0 atom stereocenters. The zero-order chi connectivity index (χ0) is 18.7. The fraction of sp³-hybridized carbons (Fsp3) is 0.111. The van der Waals surface area contributed by atoms with Crippen LogP contribution in [0.2, 0.25) is 0 Å². The molecule has 0 aliphatic carbocycles. The van der Waals surface area contributed by atoms with Gasteiger partial charge >= 0.3 is 12.3 Å². The summed E-state index contributed by atoms with van der Waals surface area (Å²) in [5.41, 5.74) is 1.01. The molecule has 0 aromatic heterocycles. The summed E-state index contributed by atoms with van der Waals surface area (Å²) in [7, 11) is 1.48. The number of methoxy groups -OCH3 is 1. The minimum absolute atomic E-state index is 0.0235. The van der Waals surface area contributed by atoms with Gasteiger partial charge in [-0.3, -0.25) is 0 Å². The van der Waals surface area contributed by atoms with Crippen LogP contribution in [0.15, 0.2) is 59.2 Å². The van der Waals surface area contributed by atoms with Crippen LogP contribution in [0.25, 0.3) is 6.08 Å². The third-order valence-electron chi connectivity index (χ3n) is 3.37. The van der Waals surface area contributed by atoms with E-state index in [4.69, 9.17) is 9.47 Å². The summed E-state index contributed by atoms with van der Waals surface area (Å²) >= 11 is 0. The highest BCUT2D eigenvalue weighted by Crippen LogP contribution is 2.26. The van der Waals surface area contributed by atoms with Crippen LogP contribution in [0, 0.1) is 0 Å². The average molecular weight is 363 g/mol. The largest absolute Gasteiger partial charge is 0.573 e. The first kappa shape index (κ1) is 17.5. The molecule has 8 heteroatoms. The van der Waals surface area contributed by atoms with Crippen molar-refractivity contribution in [3.05, 3.63) is 65.4 Å². The zero-order valence-electron chi connectivity index (χ0n) is 13.4. The SMILES string of the molecule is COc1ccccc1C1=N/C(=C\c2ccc(OC(F)(F)F)cc2)C(=O)O1. The highest BCUT2D eigenvalue weighted by molar-refractivity contribution is 6.13. The van der Waals surface area contributed by atoms with E-state index in [1.54, 1.807) is 24.3 Å². The van der Waals surface area contributed by atoms with Gasteiger partial charge in [0.05, 0.1) is 12.7 Å². The van der Waals surface area contributed by atoms with E-state index in [-0.39, 0.29) is 17.3 Å². The number of alkyl halides is 3. The Balaban J connectivity index is 1.85. The predicted octanol–water partition coefficient (Wildman–Crippen LogP) is 3.94. The molecule has 1 aliphatic rings. The molecule has 0 bridgehead atoms. The van der Waals surface area contributed by atoms with Gasteiger partial charge in [0.2, 0.25) is 5.90 Å². The quantitative estimate of drug-likeness (QED) is 0.610. The summed E-state index contributed by atoms with van der Waals surface area (Å²) in [4.78, 5) is 16.1. The lowest BCUT2D eigenvalue weighted by atomic mass is 10.2. The van der Waals surface area contributed by atoms with E-state index in [0.717, 1.165) is 12.1 Å². The standard InChI is InChI=1S/C18H12F3NO4/c1-24-15-5-3-2-4-13(15)16-22-14(17(23)25-16)10-11-6-8-12(9-7-11)26-18(19,20)21/h2-10H,1H3/b14-10-. The van der Waals surface area contributed by atoms with Crippen molar-refractivity contribution in [1.82, 2.24) is 0 Å². The van der Waals surface area contributed by atoms with E-state index in [0.29, 0.717) is 16.9 Å². The van der Waals surface area contributed by atoms with Crippen molar-refractivity contribution in [3.8, 4) is 11.5 Å². The second-order valence-corrected chi connectivity index (χ2v) is 5.15. The van der Waals surface area contributed by atoms with Gasteiger partial charge in [-0.1, -0.05) is 24.3 Å². The van der Waals surface area contributed by atoms with Crippen LogP contribution in [0.3, 0.4) is 0 Å². The van der Waals surface area contributed by atoms with Gasteiger partial charge in [-0.2, -0.15) is 0 Å². The first-order valence-corrected chi connectivity index (χ1v) is 7.37. The van der Waals surface area contributed by atoms with Gasteiger partial charge in [0.1, 0.15) is 11.5 Å². The normalized spacial score (nSPS) is 15.6. The van der Waals surface area contributed by atoms with Crippen LogP contribution in [0.5, 0.6) is 11.5 Å². The Hall–Kier alpha value is -3.29. The van der Waals surface area contributed by atoms with Gasteiger partial charge in [0, 0.05) is 0 Å². The van der Waals surface area contributed by atoms with Gasteiger partial charge in [-0.05, 0) is 35.9 Å². The Labute approximate surface area is 146 Å². The molecule has 0 unspecified atom stereocenters. The second-order valence-electron chi connectivity index (χ2n) is 5.15. The van der Waals surface area contributed by atoms with Crippen molar-refractivity contribution in [1.29, 1.82) is 0 Å². The monoisotopic (exact) mass is 363 g/mol. The van der Waals surface area contributed by atoms with Crippen molar-refractivity contribution < 1.29 is 32.2 Å². The van der Waals surface area contributed by atoms with Crippen LogP contribution in [0.4, 0.5) is 13.2 Å². The summed E-state index contributed by atoms with van der Waals surface area (Å²) in [5, 5.41) is 0. The van der Waals surface area contributed by atoms with E-state index < -0.39 is 12.3 Å². The van der Waals surface area contributed by atoms with E-state index in [9.17, 15) is 18.0 Å². The number of aliphatic imine (C=N–C) groups is 1. The lowest BCUT2D eigenvalue weighted by Crippen LogP contribution is -2.16. The summed E-state index contributed by atoms with van der Waals surface area (Å²) in [6.07, 6.45) is -3.36. The van der Waals surface area contributed by atoms with Crippen LogP contribution in [-0.4, -0.2) is 25.3 Å². The van der Waals surface area contributed by atoms with E-state index >= 15 is 0 Å². The number of hydrogen-bond donors (Lipinski definition) is 0. The first-order chi connectivity index (χ1) is 12.4. The third kappa shape index (κ3) is 4.02. The van der Waals surface area contributed by atoms with Crippen LogP contribution in [-0.2, 0) is 9.53 Å². The lowest BCUT2D eigenvalue weighted by molar-refractivity contribution is -0.274. The maximum atomic E-state index is 12.2. The van der Waals surface area contributed by atoms with Crippen LogP contribution in [0.1, 0.15) is 11.1 Å². The number of esters is 1.